The van der Waals surface area contributed by atoms with Crippen molar-refractivity contribution in [3.8, 4) is 5.75 Å². The van der Waals surface area contributed by atoms with Crippen LogP contribution >= 0.6 is 0 Å². The molecule has 0 atom stereocenters. The number of methoxy groups -OCH3 is 1. The van der Waals surface area contributed by atoms with Gasteiger partial charge in [-0.25, -0.2) is 15.4 Å². The van der Waals surface area contributed by atoms with Gasteiger partial charge in [0.05, 0.1) is 13.5 Å². The lowest BCUT2D eigenvalue weighted by Gasteiger charge is -2.04. The third kappa shape index (κ3) is 2.19. The van der Waals surface area contributed by atoms with Gasteiger partial charge in [0.15, 0.2) is 0 Å². The number of halogens is 2. The topological polar surface area (TPSA) is 13.6 Å². The zero-order valence-corrected chi connectivity index (χ0v) is 7.68. The molecule has 0 heterocycles. The van der Waals surface area contributed by atoms with Crippen molar-refractivity contribution in [2.45, 2.75) is 6.42 Å². The SMILES string of the molecule is [C-]#[N+]CCc1c(F)cc(OC)cc1F. The van der Waals surface area contributed by atoms with Crippen molar-refractivity contribution >= 4 is 0 Å². The van der Waals surface area contributed by atoms with Crippen LogP contribution in [0.3, 0.4) is 0 Å². The molecule has 0 spiro atoms. The van der Waals surface area contributed by atoms with Gasteiger partial charge >= 0.3 is 0 Å². The Morgan fingerprint density at radius 2 is 1.93 bits per heavy atom. The van der Waals surface area contributed by atoms with Gasteiger partial charge in [-0.1, -0.05) is 0 Å². The quantitative estimate of drug-likeness (QED) is 0.678. The molecule has 0 bridgehead atoms. The maximum Gasteiger partial charge on any atom is 0.218 e. The minimum absolute atomic E-state index is 0.0539. The molecule has 4 heteroatoms. The molecule has 0 aromatic heterocycles. The first-order valence-electron chi connectivity index (χ1n) is 4.04. The van der Waals surface area contributed by atoms with Crippen molar-refractivity contribution in [2.24, 2.45) is 0 Å². The summed E-state index contributed by atoms with van der Waals surface area (Å²) in [5.74, 6) is -1.18. The molecule has 0 amide bonds. The van der Waals surface area contributed by atoms with E-state index in [1.54, 1.807) is 0 Å². The van der Waals surface area contributed by atoms with E-state index in [1.165, 1.54) is 7.11 Å². The van der Waals surface area contributed by atoms with E-state index < -0.39 is 11.6 Å². The number of nitrogens with zero attached hydrogens (tertiary/aromatic N) is 1. The predicted octanol–water partition coefficient (Wildman–Crippen LogP) is 2.44. The van der Waals surface area contributed by atoms with Crippen LogP contribution in [0.5, 0.6) is 5.75 Å². The molecule has 0 aliphatic rings. The smallest absolute Gasteiger partial charge is 0.218 e. The summed E-state index contributed by atoms with van der Waals surface area (Å²) in [4.78, 5) is 3.04. The minimum atomic E-state index is -0.662. The molecule has 0 N–H and O–H groups in total. The van der Waals surface area contributed by atoms with Gasteiger partial charge in [-0.3, -0.25) is 0 Å². The van der Waals surface area contributed by atoms with E-state index in [1.807, 2.05) is 0 Å². The standard InChI is InChI=1S/C10H9F2NO/c1-13-4-3-8-9(11)5-7(14-2)6-10(8)12/h5-6H,3-4H2,2H3. The Labute approximate surface area is 80.9 Å². The Bertz CT molecular complexity index is 348. The van der Waals surface area contributed by atoms with E-state index in [0.717, 1.165) is 12.1 Å². The van der Waals surface area contributed by atoms with E-state index in [2.05, 4.69) is 4.85 Å². The Morgan fingerprint density at radius 3 is 2.36 bits per heavy atom. The normalized spacial score (nSPS) is 9.57. The van der Waals surface area contributed by atoms with Crippen LogP contribution in [0.25, 0.3) is 4.85 Å². The number of hydrogen-bond acceptors (Lipinski definition) is 1. The molecule has 0 radical (unpaired) electrons. The van der Waals surface area contributed by atoms with Gasteiger partial charge in [-0.15, -0.1) is 0 Å². The fourth-order valence-electron chi connectivity index (χ4n) is 1.10. The zero-order chi connectivity index (χ0) is 10.6. The number of rotatable bonds is 3. The monoisotopic (exact) mass is 197 g/mol. The van der Waals surface area contributed by atoms with Gasteiger partial charge in [0.1, 0.15) is 17.4 Å². The second-order valence-electron chi connectivity index (χ2n) is 2.70. The summed E-state index contributed by atoms with van der Waals surface area (Å²) >= 11 is 0. The summed E-state index contributed by atoms with van der Waals surface area (Å²) in [5, 5.41) is 0. The lowest BCUT2D eigenvalue weighted by molar-refractivity contribution is 0.405. The molecule has 2 nitrogen and oxygen atoms in total. The average Bonchev–Trinajstić information content (AvgIpc) is 2.16. The van der Waals surface area contributed by atoms with Crippen LogP contribution in [0, 0.1) is 18.2 Å². The maximum absolute atomic E-state index is 13.2. The van der Waals surface area contributed by atoms with Crippen LogP contribution in [0.15, 0.2) is 12.1 Å². The molecule has 74 valence electrons. The van der Waals surface area contributed by atoms with Gasteiger partial charge < -0.3 is 9.58 Å². The highest BCUT2D eigenvalue weighted by molar-refractivity contribution is 5.30. The summed E-state index contributed by atoms with van der Waals surface area (Å²) < 4.78 is 31.1. The van der Waals surface area contributed by atoms with Crippen molar-refractivity contribution in [3.05, 3.63) is 40.7 Å². The molecule has 0 aliphatic heterocycles. The van der Waals surface area contributed by atoms with Gasteiger partial charge in [0, 0.05) is 17.7 Å². The van der Waals surface area contributed by atoms with Crippen molar-refractivity contribution in [2.75, 3.05) is 13.7 Å². The van der Waals surface area contributed by atoms with Crippen LogP contribution in [0.1, 0.15) is 5.56 Å². The van der Waals surface area contributed by atoms with Crippen molar-refractivity contribution < 1.29 is 13.5 Å². The van der Waals surface area contributed by atoms with E-state index in [0.29, 0.717) is 0 Å². The highest BCUT2D eigenvalue weighted by atomic mass is 19.1. The Balaban J connectivity index is 3.00. The van der Waals surface area contributed by atoms with Crippen molar-refractivity contribution in [1.29, 1.82) is 0 Å². The highest BCUT2D eigenvalue weighted by Gasteiger charge is 2.12. The number of benzene rings is 1. The fourth-order valence-corrected chi connectivity index (χ4v) is 1.10. The van der Waals surface area contributed by atoms with E-state index >= 15 is 0 Å². The average molecular weight is 197 g/mol. The molecule has 1 aromatic carbocycles. The summed E-state index contributed by atoms with van der Waals surface area (Å²) in [7, 11) is 1.34. The number of hydrogen-bond donors (Lipinski definition) is 0. The Morgan fingerprint density at radius 1 is 1.36 bits per heavy atom. The fraction of sp³-hybridized carbons (Fsp3) is 0.300. The van der Waals surface area contributed by atoms with Crippen LogP contribution in [-0.4, -0.2) is 13.7 Å². The van der Waals surface area contributed by atoms with Gasteiger partial charge in [0.25, 0.3) is 0 Å². The molecule has 0 fully saturated rings. The lowest BCUT2D eigenvalue weighted by Crippen LogP contribution is -1.99. The third-order valence-electron chi connectivity index (χ3n) is 1.82. The summed E-state index contributed by atoms with van der Waals surface area (Å²) in [6, 6.07) is 2.23. The minimum Gasteiger partial charge on any atom is -0.497 e. The molecule has 0 unspecified atom stereocenters. The molecular weight excluding hydrogens is 188 g/mol. The van der Waals surface area contributed by atoms with Crippen molar-refractivity contribution in [3.63, 3.8) is 0 Å². The highest BCUT2D eigenvalue weighted by Crippen LogP contribution is 2.20. The Hall–Kier alpha value is -1.63. The third-order valence-corrected chi connectivity index (χ3v) is 1.82. The van der Waals surface area contributed by atoms with E-state index in [9.17, 15) is 8.78 Å². The molecule has 1 aromatic rings. The molecule has 1 rings (SSSR count). The number of ether oxygens (including phenoxy) is 1. The predicted molar refractivity (Wildman–Crippen MR) is 48.1 cm³/mol. The van der Waals surface area contributed by atoms with Crippen LogP contribution in [0.2, 0.25) is 0 Å². The van der Waals surface area contributed by atoms with Crippen molar-refractivity contribution in [1.82, 2.24) is 0 Å². The molecular formula is C10H9F2NO. The van der Waals surface area contributed by atoms with Crippen LogP contribution in [0.4, 0.5) is 8.78 Å². The first-order chi connectivity index (χ1) is 6.69. The van der Waals surface area contributed by atoms with Crippen LogP contribution < -0.4 is 4.74 Å². The second kappa shape index (κ2) is 4.56. The summed E-state index contributed by atoms with van der Waals surface area (Å²) in [5.41, 5.74) is -0.0539. The first-order valence-corrected chi connectivity index (χ1v) is 4.04. The second-order valence-corrected chi connectivity index (χ2v) is 2.70. The maximum atomic E-state index is 13.2. The Kier molecular flexibility index (Phi) is 3.41. The summed E-state index contributed by atoms with van der Waals surface area (Å²) in [6.45, 7) is 6.61. The zero-order valence-electron chi connectivity index (χ0n) is 7.68. The van der Waals surface area contributed by atoms with Gasteiger partial charge in [-0.2, -0.15) is 0 Å². The van der Waals surface area contributed by atoms with Gasteiger partial charge in [-0.05, 0) is 0 Å². The molecule has 0 saturated carbocycles. The largest absolute Gasteiger partial charge is 0.497 e. The van der Waals surface area contributed by atoms with E-state index in [4.69, 9.17) is 11.3 Å². The first kappa shape index (κ1) is 10.5. The van der Waals surface area contributed by atoms with Crippen LogP contribution in [-0.2, 0) is 6.42 Å². The van der Waals surface area contributed by atoms with E-state index in [-0.39, 0.29) is 24.3 Å². The molecule has 0 saturated heterocycles. The lowest BCUT2D eigenvalue weighted by atomic mass is 10.1. The molecule has 14 heavy (non-hydrogen) atoms. The molecule has 0 aliphatic carbocycles. The summed E-state index contributed by atoms with van der Waals surface area (Å²) in [6.07, 6.45) is 0.0885. The van der Waals surface area contributed by atoms with Gasteiger partial charge in [0.2, 0.25) is 6.54 Å².